The van der Waals surface area contributed by atoms with Crippen molar-refractivity contribution in [2.24, 2.45) is 0 Å². The molecule has 0 aliphatic carbocycles. The van der Waals surface area contributed by atoms with E-state index in [4.69, 9.17) is 18.9 Å². The van der Waals surface area contributed by atoms with Crippen molar-refractivity contribution in [1.82, 2.24) is 0 Å². The van der Waals surface area contributed by atoms with E-state index in [9.17, 15) is 19.5 Å². The van der Waals surface area contributed by atoms with Gasteiger partial charge in [0.15, 0.2) is 12.4 Å². The monoisotopic (exact) mass is 1170 g/mol. The Morgan fingerprint density at radius 2 is 0.651 bits per heavy atom. The molecule has 0 saturated heterocycles. The Kier molecular flexibility index (Phi) is 63.5. The van der Waals surface area contributed by atoms with E-state index in [1.807, 2.05) is 21.1 Å². The lowest BCUT2D eigenvalue weighted by atomic mass is 10.0. The second-order valence-corrected chi connectivity index (χ2v) is 25.9. The minimum Gasteiger partial charge on any atom is -0.545 e. The minimum absolute atomic E-state index is 0.149. The summed E-state index contributed by atoms with van der Waals surface area (Å²) < 4.78 is 22.8. The average Bonchev–Trinajstić information content (AvgIpc) is 3.46. The number of carboxylic acid groups (broad SMARTS) is 1. The number of rotatable bonds is 68. The van der Waals surface area contributed by atoms with Crippen molar-refractivity contribution < 1.29 is 42.9 Å². The number of hydrogen-bond acceptors (Lipinski definition) is 8. The molecule has 0 rings (SSSR count). The van der Waals surface area contributed by atoms with Crippen LogP contribution in [0.4, 0.5) is 0 Å². The van der Waals surface area contributed by atoms with E-state index in [1.165, 1.54) is 276 Å². The van der Waals surface area contributed by atoms with Gasteiger partial charge in [0.05, 0.1) is 40.3 Å². The first-order chi connectivity index (χ1) is 40.6. The maximum Gasteiger partial charge on any atom is 0.306 e. The van der Waals surface area contributed by atoms with E-state index in [0.29, 0.717) is 23.9 Å². The Labute approximate surface area is 515 Å². The molecule has 9 heteroatoms. The van der Waals surface area contributed by atoms with Crippen molar-refractivity contribution in [2.75, 3.05) is 47.5 Å². The van der Waals surface area contributed by atoms with Gasteiger partial charge in [0.2, 0.25) is 0 Å². The largest absolute Gasteiger partial charge is 0.545 e. The van der Waals surface area contributed by atoms with Gasteiger partial charge >= 0.3 is 11.9 Å². The van der Waals surface area contributed by atoms with Gasteiger partial charge < -0.3 is 33.3 Å². The van der Waals surface area contributed by atoms with Gasteiger partial charge in [-0.15, -0.1) is 0 Å². The molecular formula is C74H139NO8. The number of carbonyl (C=O) groups is 3. The number of ether oxygens (including phenoxy) is 4. The molecule has 0 aromatic heterocycles. The van der Waals surface area contributed by atoms with E-state index in [0.717, 1.165) is 51.4 Å². The SMILES string of the molecule is CCCCCCC/C=C\C/C=C\CCCCCCCCCCCC(=O)OC(COC(=O)CCCCCCCCCCCCCCCCCCCCCCCCCCC/C=C\CCCCCCCCCC)COC(OCC[N+](C)(C)C)C(=O)[O-]. The normalized spacial score (nSPS) is 12.8. The molecule has 488 valence electrons. The summed E-state index contributed by atoms with van der Waals surface area (Å²) in [7, 11) is 5.94. The van der Waals surface area contributed by atoms with E-state index in [2.05, 4.69) is 50.3 Å². The summed E-state index contributed by atoms with van der Waals surface area (Å²) in [6.07, 6.45) is 79.6. The Balaban J connectivity index is 3.98. The molecule has 0 aliphatic rings. The van der Waals surface area contributed by atoms with Crippen molar-refractivity contribution in [1.29, 1.82) is 0 Å². The summed E-state index contributed by atoms with van der Waals surface area (Å²) in [5, 5.41) is 11.8. The van der Waals surface area contributed by atoms with Crippen molar-refractivity contribution >= 4 is 17.9 Å². The summed E-state index contributed by atoms with van der Waals surface area (Å²) >= 11 is 0. The number of carboxylic acids is 1. The highest BCUT2D eigenvalue weighted by Gasteiger charge is 2.22. The molecule has 2 atom stereocenters. The zero-order valence-corrected chi connectivity index (χ0v) is 55.8. The van der Waals surface area contributed by atoms with Crippen molar-refractivity contribution in [2.45, 2.75) is 373 Å². The van der Waals surface area contributed by atoms with Gasteiger partial charge in [0.1, 0.15) is 13.2 Å². The Morgan fingerprint density at radius 3 is 0.964 bits per heavy atom. The van der Waals surface area contributed by atoms with Crippen molar-refractivity contribution in [3.63, 3.8) is 0 Å². The van der Waals surface area contributed by atoms with Gasteiger partial charge in [-0.2, -0.15) is 0 Å². The molecule has 0 radical (unpaired) electrons. The van der Waals surface area contributed by atoms with E-state index in [1.54, 1.807) is 0 Å². The molecule has 0 fully saturated rings. The highest BCUT2D eigenvalue weighted by Crippen LogP contribution is 2.19. The number of allylic oxidation sites excluding steroid dienone is 6. The number of quaternary nitrogens is 1. The number of aliphatic carboxylic acids is 1. The third-order valence-corrected chi connectivity index (χ3v) is 16.4. The van der Waals surface area contributed by atoms with Crippen LogP contribution in [-0.4, -0.2) is 82.3 Å². The van der Waals surface area contributed by atoms with Gasteiger partial charge in [-0.1, -0.05) is 314 Å². The van der Waals surface area contributed by atoms with Gasteiger partial charge in [-0.25, -0.2) is 0 Å². The molecule has 0 aromatic rings. The molecule has 0 amide bonds. The maximum absolute atomic E-state index is 12.9. The van der Waals surface area contributed by atoms with Crippen LogP contribution in [0.2, 0.25) is 0 Å². The van der Waals surface area contributed by atoms with Crippen LogP contribution < -0.4 is 5.11 Å². The lowest BCUT2D eigenvalue weighted by Gasteiger charge is -2.26. The third kappa shape index (κ3) is 66.9. The second-order valence-electron chi connectivity index (χ2n) is 25.9. The quantitative estimate of drug-likeness (QED) is 0.0195. The first-order valence-corrected chi connectivity index (χ1v) is 36.1. The van der Waals surface area contributed by atoms with Gasteiger partial charge in [-0.05, 0) is 70.6 Å². The van der Waals surface area contributed by atoms with Crippen molar-refractivity contribution in [3.05, 3.63) is 36.5 Å². The first-order valence-electron chi connectivity index (χ1n) is 36.1. The molecule has 0 N–H and O–H groups in total. The number of carbonyl (C=O) groups excluding carboxylic acids is 3. The molecule has 2 unspecified atom stereocenters. The maximum atomic E-state index is 12.9. The molecule has 0 heterocycles. The highest BCUT2D eigenvalue weighted by atomic mass is 16.7. The van der Waals surface area contributed by atoms with Crippen LogP contribution in [0.1, 0.15) is 361 Å². The molecule has 9 nitrogen and oxygen atoms in total. The van der Waals surface area contributed by atoms with Gasteiger partial charge in [0, 0.05) is 12.8 Å². The Hall–Kier alpha value is -2.49. The number of unbranched alkanes of at least 4 members (excludes halogenated alkanes) is 47. The standard InChI is InChI=1S/C74H139NO8/c1-6-8-10-12-14-16-18-20-22-24-26-28-29-30-31-32-33-34-35-36-37-38-39-40-41-42-43-45-46-48-50-52-54-56-58-60-62-64-71(76)81-68-70(69-82-74(73(78)79)80-67-66-75(3,4)5)83-72(77)65-63-61-59-57-55-53-51-49-47-44-27-25-23-21-19-17-15-13-11-9-7-2/h19,21,24-27,70,74H,6-18,20,22-23,28-69H2,1-5H3/b21-19-,26-24-,27-25-. The number of likely N-dealkylation sites (N-methyl/N-ethyl adjacent to an activating group) is 1. The fourth-order valence-corrected chi connectivity index (χ4v) is 10.8. The lowest BCUT2D eigenvalue weighted by Crippen LogP contribution is -2.44. The van der Waals surface area contributed by atoms with Gasteiger partial charge in [0.25, 0.3) is 0 Å². The third-order valence-electron chi connectivity index (χ3n) is 16.4. The zero-order chi connectivity index (χ0) is 60.5. The van der Waals surface area contributed by atoms with E-state index in [-0.39, 0.29) is 32.2 Å². The number of nitrogens with zero attached hydrogens (tertiary/aromatic N) is 1. The summed E-state index contributed by atoms with van der Waals surface area (Å²) in [6.45, 7) is 4.79. The molecule has 0 spiro atoms. The van der Waals surface area contributed by atoms with Crippen LogP contribution >= 0.6 is 0 Å². The summed E-state index contributed by atoms with van der Waals surface area (Å²) in [6, 6.07) is 0. The first kappa shape index (κ1) is 80.5. The fourth-order valence-electron chi connectivity index (χ4n) is 10.8. The van der Waals surface area contributed by atoms with Crippen LogP contribution in [-0.2, 0) is 33.3 Å². The highest BCUT2D eigenvalue weighted by molar-refractivity contribution is 5.70. The predicted octanol–water partition coefficient (Wildman–Crippen LogP) is 21.0. The Morgan fingerprint density at radius 1 is 0.361 bits per heavy atom. The summed E-state index contributed by atoms with van der Waals surface area (Å²) in [5.74, 6) is -2.26. The predicted molar refractivity (Wildman–Crippen MR) is 353 cm³/mol. The van der Waals surface area contributed by atoms with Gasteiger partial charge in [-0.3, -0.25) is 9.59 Å². The summed E-state index contributed by atoms with van der Waals surface area (Å²) in [5.41, 5.74) is 0. The smallest absolute Gasteiger partial charge is 0.306 e. The van der Waals surface area contributed by atoms with Crippen LogP contribution in [0.5, 0.6) is 0 Å². The second kappa shape index (κ2) is 65.5. The average molecular weight is 1170 g/mol. The molecule has 83 heavy (non-hydrogen) atoms. The van der Waals surface area contributed by atoms with Crippen molar-refractivity contribution in [3.8, 4) is 0 Å². The van der Waals surface area contributed by atoms with Crippen LogP contribution in [0.15, 0.2) is 36.5 Å². The molecule has 0 saturated carbocycles. The summed E-state index contributed by atoms with van der Waals surface area (Å²) in [4.78, 5) is 37.5. The lowest BCUT2D eigenvalue weighted by molar-refractivity contribution is -0.870. The van der Waals surface area contributed by atoms with E-state index < -0.39 is 24.3 Å². The molecule has 0 aromatic carbocycles. The number of esters is 2. The molecule has 0 bridgehead atoms. The topological polar surface area (TPSA) is 111 Å². The molecular weight excluding hydrogens is 1030 g/mol. The number of hydrogen-bond donors (Lipinski definition) is 0. The minimum atomic E-state index is -1.62. The zero-order valence-electron chi connectivity index (χ0n) is 55.8. The Bertz CT molecular complexity index is 1450. The van der Waals surface area contributed by atoms with E-state index >= 15 is 0 Å². The van der Waals surface area contributed by atoms with Crippen LogP contribution in [0.25, 0.3) is 0 Å². The van der Waals surface area contributed by atoms with Crippen LogP contribution in [0, 0.1) is 0 Å². The molecule has 0 aliphatic heterocycles. The fraction of sp³-hybridized carbons (Fsp3) is 0.878. The van der Waals surface area contributed by atoms with Crippen LogP contribution in [0.3, 0.4) is 0 Å².